The number of ether oxygens (including phenoxy) is 1. The standard InChI is InChI=1S/C19H19N5O2S/c1-2-14-5-3-4-6-15(14)21-19-23-16(22-18(20)24-19)11-26-17(25)8-7-13-9-10-27-12-13/h3-10,12H,2,11H2,1H3,(H3,20,21,22,23,24)/b8-7+. The van der Waals surface area contributed by atoms with Crippen LogP contribution in [0.25, 0.3) is 6.08 Å². The first kappa shape index (κ1) is 18.5. The number of aryl methyl sites for hydroxylation is 1. The van der Waals surface area contributed by atoms with Crippen molar-refractivity contribution in [2.45, 2.75) is 20.0 Å². The maximum Gasteiger partial charge on any atom is 0.331 e. The fourth-order valence-corrected chi connectivity index (χ4v) is 2.98. The maximum absolute atomic E-state index is 11.8. The number of carbonyl (C=O) groups is 1. The highest BCUT2D eigenvalue weighted by atomic mass is 32.1. The highest BCUT2D eigenvalue weighted by Gasteiger charge is 2.08. The fourth-order valence-electron chi connectivity index (χ4n) is 2.35. The lowest BCUT2D eigenvalue weighted by atomic mass is 10.1. The highest BCUT2D eigenvalue weighted by Crippen LogP contribution is 2.19. The summed E-state index contributed by atoms with van der Waals surface area (Å²) >= 11 is 1.56. The molecule has 138 valence electrons. The molecule has 0 saturated carbocycles. The molecule has 27 heavy (non-hydrogen) atoms. The molecule has 0 spiro atoms. The van der Waals surface area contributed by atoms with E-state index in [1.54, 1.807) is 17.4 Å². The molecular weight excluding hydrogens is 362 g/mol. The molecule has 0 bridgehead atoms. The van der Waals surface area contributed by atoms with Gasteiger partial charge in [0.2, 0.25) is 11.9 Å². The van der Waals surface area contributed by atoms with Gasteiger partial charge in [-0.25, -0.2) is 4.79 Å². The van der Waals surface area contributed by atoms with E-state index < -0.39 is 5.97 Å². The Morgan fingerprint density at radius 1 is 1.26 bits per heavy atom. The minimum atomic E-state index is -0.481. The van der Waals surface area contributed by atoms with Crippen molar-refractivity contribution in [2.75, 3.05) is 11.1 Å². The van der Waals surface area contributed by atoms with Crippen LogP contribution in [0, 0.1) is 0 Å². The molecule has 3 aromatic rings. The number of carbonyl (C=O) groups excluding carboxylic acids is 1. The molecule has 0 saturated heterocycles. The maximum atomic E-state index is 11.8. The number of rotatable bonds is 7. The summed E-state index contributed by atoms with van der Waals surface area (Å²) in [5, 5.41) is 7.01. The Hall–Kier alpha value is -3.26. The Labute approximate surface area is 161 Å². The molecule has 0 fully saturated rings. The van der Waals surface area contributed by atoms with E-state index in [-0.39, 0.29) is 18.4 Å². The second kappa shape index (κ2) is 8.91. The van der Waals surface area contributed by atoms with Gasteiger partial charge < -0.3 is 15.8 Å². The summed E-state index contributed by atoms with van der Waals surface area (Å²) in [5.74, 6) is 0.159. The van der Waals surface area contributed by atoms with Crippen LogP contribution in [-0.2, 0) is 22.6 Å². The average Bonchev–Trinajstić information content (AvgIpc) is 3.18. The molecule has 2 aromatic heterocycles. The van der Waals surface area contributed by atoms with Crippen molar-refractivity contribution >= 4 is 41.0 Å². The third-order valence-corrected chi connectivity index (χ3v) is 4.34. The molecular formula is C19H19N5O2S. The summed E-state index contributed by atoms with van der Waals surface area (Å²) < 4.78 is 5.17. The summed E-state index contributed by atoms with van der Waals surface area (Å²) in [5.41, 5.74) is 8.73. The van der Waals surface area contributed by atoms with Gasteiger partial charge in [-0.05, 0) is 46.5 Å². The molecule has 3 rings (SSSR count). The molecule has 2 heterocycles. The van der Waals surface area contributed by atoms with Crippen molar-refractivity contribution in [1.29, 1.82) is 0 Å². The van der Waals surface area contributed by atoms with Gasteiger partial charge in [0.1, 0.15) is 0 Å². The lowest BCUT2D eigenvalue weighted by Gasteiger charge is -2.10. The van der Waals surface area contributed by atoms with Crippen LogP contribution in [0.4, 0.5) is 17.6 Å². The molecule has 0 unspecified atom stereocenters. The molecule has 0 radical (unpaired) electrons. The number of nitrogen functional groups attached to an aromatic ring is 1. The summed E-state index contributed by atoms with van der Waals surface area (Å²) in [7, 11) is 0. The van der Waals surface area contributed by atoms with Crippen molar-refractivity contribution < 1.29 is 9.53 Å². The zero-order chi connectivity index (χ0) is 19.1. The Kier molecular flexibility index (Phi) is 6.11. The Morgan fingerprint density at radius 2 is 2.11 bits per heavy atom. The van der Waals surface area contributed by atoms with Crippen molar-refractivity contribution in [3.8, 4) is 0 Å². The summed E-state index contributed by atoms with van der Waals surface area (Å²) in [6.07, 6.45) is 3.92. The van der Waals surface area contributed by atoms with Crippen LogP contribution in [-0.4, -0.2) is 20.9 Å². The number of hydrogen-bond donors (Lipinski definition) is 2. The second-order valence-electron chi connectivity index (χ2n) is 5.57. The summed E-state index contributed by atoms with van der Waals surface area (Å²) in [6, 6.07) is 9.77. The van der Waals surface area contributed by atoms with E-state index in [9.17, 15) is 4.79 Å². The van der Waals surface area contributed by atoms with Gasteiger partial charge in [0.05, 0.1) is 0 Å². The predicted molar refractivity (Wildman–Crippen MR) is 106 cm³/mol. The Balaban J connectivity index is 1.65. The first-order valence-corrected chi connectivity index (χ1v) is 9.30. The van der Waals surface area contributed by atoms with E-state index in [1.807, 2.05) is 41.1 Å². The van der Waals surface area contributed by atoms with E-state index in [2.05, 4.69) is 27.2 Å². The third kappa shape index (κ3) is 5.35. The fraction of sp³-hybridized carbons (Fsp3) is 0.158. The van der Waals surface area contributed by atoms with Crippen LogP contribution in [0.1, 0.15) is 23.9 Å². The van der Waals surface area contributed by atoms with Gasteiger partial charge in [-0.15, -0.1) is 0 Å². The van der Waals surface area contributed by atoms with E-state index in [4.69, 9.17) is 10.5 Å². The van der Waals surface area contributed by atoms with Crippen molar-refractivity contribution in [3.05, 3.63) is 64.1 Å². The molecule has 1 aromatic carbocycles. The van der Waals surface area contributed by atoms with Gasteiger partial charge in [0.25, 0.3) is 0 Å². The monoisotopic (exact) mass is 381 g/mol. The number of para-hydroxylation sites is 1. The lowest BCUT2D eigenvalue weighted by Crippen LogP contribution is -2.10. The third-order valence-electron chi connectivity index (χ3n) is 3.64. The number of aromatic nitrogens is 3. The number of benzene rings is 1. The summed E-state index contributed by atoms with van der Waals surface area (Å²) in [4.78, 5) is 24.2. The van der Waals surface area contributed by atoms with Crippen LogP contribution in [0.15, 0.2) is 47.2 Å². The van der Waals surface area contributed by atoms with Gasteiger partial charge in [-0.3, -0.25) is 0 Å². The van der Waals surface area contributed by atoms with E-state index in [0.717, 1.165) is 23.2 Å². The minimum Gasteiger partial charge on any atom is -0.454 e. The molecule has 0 aliphatic heterocycles. The highest BCUT2D eigenvalue weighted by molar-refractivity contribution is 7.08. The lowest BCUT2D eigenvalue weighted by molar-refractivity contribution is -0.139. The van der Waals surface area contributed by atoms with Crippen LogP contribution in [0.2, 0.25) is 0 Å². The second-order valence-corrected chi connectivity index (χ2v) is 6.35. The number of anilines is 3. The number of hydrogen-bond acceptors (Lipinski definition) is 8. The molecule has 3 N–H and O–H groups in total. The molecule has 7 nitrogen and oxygen atoms in total. The number of nitrogens with zero attached hydrogens (tertiary/aromatic N) is 3. The van der Waals surface area contributed by atoms with Crippen molar-refractivity contribution in [2.24, 2.45) is 0 Å². The average molecular weight is 381 g/mol. The number of nitrogens with two attached hydrogens (primary N) is 1. The largest absolute Gasteiger partial charge is 0.454 e. The molecule has 0 atom stereocenters. The van der Waals surface area contributed by atoms with E-state index in [0.29, 0.717) is 5.95 Å². The van der Waals surface area contributed by atoms with Gasteiger partial charge >= 0.3 is 5.97 Å². The number of thiophene rings is 1. The van der Waals surface area contributed by atoms with Crippen LogP contribution >= 0.6 is 11.3 Å². The first-order valence-electron chi connectivity index (χ1n) is 8.36. The van der Waals surface area contributed by atoms with Gasteiger partial charge in [0, 0.05) is 11.8 Å². The quantitative estimate of drug-likeness (QED) is 0.476. The van der Waals surface area contributed by atoms with Gasteiger partial charge in [0.15, 0.2) is 12.4 Å². The predicted octanol–water partition coefficient (Wildman–Crippen LogP) is 3.58. The first-order chi connectivity index (χ1) is 13.1. The molecule has 0 aliphatic carbocycles. The zero-order valence-corrected chi connectivity index (χ0v) is 15.6. The normalized spacial score (nSPS) is 10.9. The van der Waals surface area contributed by atoms with Gasteiger partial charge in [-0.1, -0.05) is 25.1 Å². The smallest absolute Gasteiger partial charge is 0.331 e. The van der Waals surface area contributed by atoms with Crippen molar-refractivity contribution in [1.82, 2.24) is 15.0 Å². The Morgan fingerprint density at radius 3 is 2.89 bits per heavy atom. The SMILES string of the molecule is CCc1ccccc1Nc1nc(N)nc(COC(=O)/C=C/c2ccsc2)n1. The number of nitrogens with one attached hydrogen (secondary N) is 1. The molecule has 0 aliphatic rings. The Bertz CT molecular complexity index is 941. The van der Waals surface area contributed by atoms with Crippen LogP contribution in [0.3, 0.4) is 0 Å². The molecule has 0 amide bonds. The minimum absolute atomic E-state index is 0.0568. The molecule has 8 heteroatoms. The number of esters is 1. The van der Waals surface area contributed by atoms with Crippen LogP contribution in [0.5, 0.6) is 0 Å². The van der Waals surface area contributed by atoms with Crippen molar-refractivity contribution in [3.63, 3.8) is 0 Å². The zero-order valence-electron chi connectivity index (χ0n) is 14.8. The van der Waals surface area contributed by atoms with Gasteiger partial charge in [-0.2, -0.15) is 26.3 Å². The van der Waals surface area contributed by atoms with Crippen LogP contribution < -0.4 is 11.1 Å². The summed E-state index contributed by atoms with van der Waals surface area (Å²) in [6.45, 7) is 1.97. The van der Waals surface area contributed by atoms with E-state index >= 15 is 0 Å². The van der Waals surface area contributed by atoms with E-state index in [1.165, 1.54) is 6.08 Å². The topological polar surface area (TPSA) is 103 Å².